The molecular weight excluding hydrogens is 358 g/mol. The van der Waals surface area contributed by atoms with Crippen LogP contribution < -0.4 is 4.74 Å². The van der Waals surface area contributed by atoms with Gasteiger partial charge in [0.05, 0.1) is 18.8 Å². The predicted octanol–water partition coefficient (Wildman–Crippen LogP) is 4.20. The van der Waals surface area contributed by atoms with Crippen molar-refractivity contribution in [1.29, 1.82) is 0 Å². The topological polar surface area (TPSA) is 66.2 Å². The van der Waals surface area contributed by atoms with Gasteiger partial charge in [0.25, 0.3) is 0 Å². The van der Waals surface area contributed by atoms with Crippen molar-refractivity contribution in [1.82, 2.24) is 14.8 Å². The Morgan fingerprint density at radius 2 is 2.04 bits per heavy atom. The Labute approximate surface area is 154 Å². The molecule has 0 bridgehead atoms. The number of hydrogen-bond donors (Lipinski definition) is 0. The van der Waals surface area contributed by atoms with E-state index in [0.29, 0.717) is 18.3 Å². The van der Waals surface area contributed by atoms with Crippen LogP contribution in [0.15, 0.2) is 24.4 Å². The van der Waals surface area contributed by atoms with Crippen LogP contribution in [0.1, 0.15) is 23.7 Å². The number of carbonyl (C=O) groups excluding carboxylic acids is 1. The molecule has 0 aromatic carbocycles. The highest BCUT2D eigenvalue weighted by Crippen LogP contribution is 2.18. The smallest absolute Gasteiger partial charge is 0.341 e. The first-order valence-electron chi connectivity index (χ1n) is 8.32. The Bertz CT molecular complexity index is 728. The standard InChI is InChI=1S/C17H24ClN3O3Si/c1-5-23-17(22)13-7-8-14(19-16(13)18)21-10-9-15(20-21)24-11-6-12-25(2,3)4/h7-10H,5-6,11-12H2,1-4H3. The lowest BCUT2D eigenvalue weighted by molar-refractivity contribution is 0.0526. The zero-order chi connectivity index (χ0) is 18.4. The Hall–Kier alpha value is -1.86. The zero-order valence-electron chi connectivity index (χ0n) is 15.1. The summed E-state index contributed by atoms with van der Waals surface area (Å²) in [7, 11) is -1.04. The van der Waals surface area contributed by atoms with Crippen molar-refractivity contribution in [2.75, 3.05) is 13.2 Å². The highest BCUT2D eigenvalue weighted by molar-refractivity contribution is 6.76. The van der Waals surface area contributed by atoms with Crippen LogP contribution in [-0.4, -0.2) is 42.0 Å². The van der Waals surface area contributed by atoms with Crippen molar-refractivity contribution in [2.24, 2.45) is 0 Å². The highest BCUT2D eigenvalue weighted by Gasteiger charge is 2.15. The van der Waals surface area contributed by atoms with Gasteiger partial charge >= 0.3 is 5.97 Å². The maximum absolute atomic E-state index is 11.7. The predicted molar refractivity (Wildman–Crippen MR) is 101 cm³/mol. The van der Waals surface area contributed by atoms with E-state index in [-0.39, 0.29) is 17.3 Å². The number of halogens is 1. The van der Waals surface area contributed by atoms with E-state index in [1.807, 2.05) is 0 Å². The molecule has 0 radical (unpaired) electrons. The summed E-state index contributed by atoms with van der Waals surface area (Å²) in [5.41, 5.74) is 0.238. The third kappa shape index (κ3) is 5.86. The van der Waals surface area contributed by atoms with Crippen LogP contribution in [0.4, 0.5) is 0 Å². The molecule has 0 spiro atoms. The van der Waals surface area contributed by atoms with Crippen LogP contribution in [0.25, 0.3) is 5.82 Å². The number of hydrogen-bond acceptors (Lipinski definition) is 5. The summed E-state index contributed by atoms with van der Waals surface area (Å²) in [5.74, 6) is 0.566. The largest absolute Gasteiger partial charge is 0.477 e. The average molecular weight is 382 g/mol. The van der Waals surface area contributed by atoms with Crippen molar-refractivity contribution in [3.63, 3.8) is 0 Å². The SMILES string of the molecule is CCOC(=O)c1ccc(-n2ccc(OCCC[Si](C)(C)C)n2)nc1Cl. The van der Waals surface area contributed by atoms with Gasteiger partial charge in [-0.2, -0.15) is 0 Å². The van der Waals surface area contributed by atoms with E-state index >= 15 is 0 Å². The molecule has 0 fully saturated rings. The summed E-state index contributed by atoms with van der Waals surface area (Å²) in [6.07, 6.45) is 2.78. The van der Waals surface area contributed by atoms with Crippen LogP contribution >= 0.6 is 11.6 Å². The number of nitrogens with zero attached hydrogens (tertiary/aromatic N) is 3. The molecule has 136 valence electrons. The van der Waals surface area contributed by atoms with E-state index in [9.17, 15) is 4.79 Å². The molecule has 0 saturated heterocycles. The minimum atomic E-state index is -1.04. The molecule has 25 heavy (non-hydrogen) atoms. The van der Waals surface area contributed by atoms with Gasteiger partial charge in [0.15, 0.2) is 5.82 Å². The van der Waals surface area contributed by atoms with Gasteiger partial charge in [0.2, 0.25) is 5.88 Å². The van der Waals surface area contributed by atoms with Crippen LogP contribution in [-0.2, 0) is 4.74 Å². The number of carbonyl (C=O) groups is 1. The summed E-state index contributed by atoms with van der Waals surface area (Å²) >= 11 is 6.08. The normalized spacial score (nSPS) is 11.4. The second-order valence-corrected chi connectivity index (χ2v) is 12.8. The van der Waals surface area contributed by atoms with Gasteiger partial charge in [-0.25, -0.2) is 14.5 Å². The summed E-state index contributed by atoms with van der Waals surface area (Å²) in [5, 5.41) is 4.42. The second-order valence-electron chi connectivity index (χ2n) is 6.84. The lowest BCUT2D eigenvalue weighted by atomic mass is 10.3. The van der Waals surface area contributed by atoms with Gasteiger partial charge < -0.3 is 9.47 Å². The summed E-state index contributed by atoms with van der Waals surface area (Å²) in [4.78, 5) is 16.0. The fourth-order valence-electron chi connectivity index (χ4n) is 2.20. The fraction of sp³-hybridized carbons (Fsp3) is 0.471. The summed E-state index contributed by atoms with van der Waals surface area (Å²) in [6.45, 7) is 9.71. The average Bonchev–Trinajstić information content (AvgIpc) is 2.99. The van der Waals surface area contributed by atoms with Crippen LogP contribution in [0.3, 0.4) is 0 Å². The first kappa shape index (κ1) is 19.5. The number of pyridine rings is 1. The molecule has 6 nitrogen and oxygen atoms in total. The van der Waals surface area contributed by atoms with Gasteiger partial charge in [0, 0.05) is 20.3 Å². The molecule has 0 aliphatic carbocycles. The maximum atomic E-state index is 11.7. The monoisotopic (exact) mass is 381 g/mol. The van der Waals surface area contributed by atoms with Crippen LogP contribution in [0, 0.1) is 0 Å². The van der Waals surface area contributed by atoms with E-state index in [4.69, 9.17) is 21.1 Å². The van der Waals surface area contributed by atoms with Crippen molar-refractivity contribution >= 4 is 25.6 Å². The van der Waals surface area contributed by atoms with Crippen LogP contribution in [0.2, 0.25) is 30.8 Å². The third-order valence-corrected chi connectivity index (χ3v) is 5.59. The lowest BCUT2D eigenvalue weighted by Gasteiger charge is -2.14. The Morgan fingerprint density at radius 3 is 2.68 bits per heavy atom. The Balaban J connectivity index is 1.99. The second kappa shape index (κ2) is 8.49. The molecule has 2 aromatic rings. The zero-order valence-corrected chi connectivity index (χ0v) is 16.8. The van der Waals surface area contributed by atoms with Gasteiger partial charge in [-0.3, -0.25) is 0 Å². The lowest BCUT2D eigenvalue weighted by Crippen LogP contribution is -2.20. The minimum absolute atomic E-state index is 0.0871. The van der Waals surface area contributed by atoms with Crippen molar-refractivity contribution in [2.45, 2.75) is 39.0 Å². The van der Waals surface area contributed by atoms with Crippen molar-refractivity contribution in [3.05, 3.63) is 35.1 Å². The van der Waals surface area contributed by atoms with Gasteiger partial charge in [0.1, 0.15) is 5.15 Å². The van der Waals surface area contributed by atoms with Gasteiger partial charge in [-0.1, -0.05) is 37.3 Å². The van der Waals surface area contributed by atoms with Crippen molar-refractivity contribution < 1.29 is 14.3 Å². The minimum Gasteiger partial charge on any atom is -0.477 e. The molecule has 0 saturated carbocycles. The molecule has 8 heteroatoms. The van der Waals surface area contributed by atoms with Crippen LogP contribution in [0.5, 0.6) is 5.88 Å². The first-order valence-corrected chi connectivity index (χ1v) is 12.4. The van der Waals surface area contributed by atoms with Gasteiger partial charge in [-0.15, -0.1) is 5.10 Å². The van der Waals surface area contributed by atoms with Crippen molar-refractivity contribution in [3.8, 4) is 11.7 Å². The number of esters is 1. The fourth-order valence-corrected chi connectivity index (χ4v) is 3.64. The third-order valence-electron chi connectivity index (χ3n) is 3.45. The molecule has 0 atom stereocenters. The summed E-state index contributed by atoms with van der Waals surface area (Å²) < 4.78 is 12.2. The van der Waals surface area contributed by atoms with E-state index in [2.05, 4.69) is 29.7 Å². The van der Waals surface area contributed by atoms with E-state index < -0.39 is 14.0 Å². The molecule has 2 rings (SSSR count). The molecule has 0 unspecified atom stereocenters. The molecule has 2 heterocycles. The summed E-state index contributed by atoms with van der Waals surface area (Å²) in [6, 6.07) is 6.25. The molecule has 0 aliphatic rings. The van der Waals surface area contributed by atoms with Gasteiger partial charge in [-0.05, 0) is 25.5 Å². The Kier molecular flexibility index (Phi) is 6.61. The molecular formula is C17H24ClN3O3Si. The number of ether oxygens (including phenoxy) is 2. The molecule has 0 N–H and O–H groups in total. The van der Waals surface area contributed by atoms with E-state index in [1.54, 1.807) is 36.0 Å². The quantitative estimate of drug-likeness (QED) is 0.296. The van der Waals surface area contributed by atoms with E-state index in [0.717, 1.165) is 6.42 Å². The Morgan fingerprint density at radius 1 is 1.28 bits per heavy atom. The molecule has 0 amide bonds. The highest BCUT2D eigenvalue weighted by atomic mass is 35.5. The number of rotatable bonds is 8. The molecule has 2 aromatic heterocycles. The first-order chi connectivity index (χ1) is 11.8. The van der Waals surface area contributed by atoms with E-state index in [1.165, 1.54) is 6.04 Å². The maximum Gasteiger partial charge on any atom is 0.341 e. The molecule has 0 aliphatic heterocycles. The number of aromatic nitrogens is 3.